The van der Waals surface area contributed by atoms with Crippen LogP contribution in [-0.2, 0) is 6.18 Å². The molecule has 3 heterocycles. The van der Waals surface area contributed by atoms with Crippen LogP contribution in [0.25, 0.3) is 0 Å². The van der Waals surface area contributed by atoms with Crippen molar-refractivity contribution in [1.29, 1.82) is 0 Å². The summed E-state index contributed by atoms with van der Waals surface area (Å²) in [6.07, 6.45) is 1.39. The standard InChI is InChI=1S/C17H17F3N4O/c18-17(19,20)15-2-1-14(11-22-15)24-9-5-13(6-10-24)23-16(25)12-3-7-21-8-4-12/h1-4,7-8,11,13H,5-6,9-10H2,(H,23,25). The fourth-order valence-electron chi connectivity index (χ4n) is 2.79. The zero-order valence-corrected chi connectivity index (χ0v) is 13.3. The van der Waals surface area contributed by atoms with E-state index in [4.69, 9.17) is 0 Å². The first kappa shape index (κ1) is 17.2. The lowest BCUT2D eigenvalue weighted by molar-refractivity contribution is -0.141. The van der Waals surface area contributed by atoms with Crippen molar-refractivity contribution in [3.05, 3.63) is 54.1 Å². The topological polar surface area (TPSA) is 58.1 Å². The Morgan fingerprint density at radius 3 is 2.36 bits per heavy atom. The lowest BCUT2D eigenvalue weighted by Crippen LogP contribution is -2.44. The van der Waals surface area contributed by atoms with E-state index in [0.29, 0.717) is 24.3 Å². The van der Waals surface area contributed by atoms with Crippen molar-refractivity contribution < 1.29 is 18.0 Å². The number of nitrogens with one attached hydrogen (secondary N) is 1. The van der Waals surface area contributed by atoms with Crippen LogP contribution in [0.4, 0.5) is 18.9 Å². The molecule has 0 atom stereocenters. The van der Waals surface area contributed by atoms with Gasteiger partial charge in [-0.25, -0.2) is 4.98 Å². The Morgan fingerprint density at radius 2 is 1.80 bits per heavy atom. The quantitative estimate of drug-likeness (QED) is 0.925. The fourth-order valence-corrected chi connectivity index (χ4v) is 2.79. The van der Waals surface area contributed by atoms with Crippen LogP contribution < -0.4 is 10.2 Å². The molecule has 1 saturated heterocycles. The Kier molecular flexibility index (Phi) is 4.87. The highest BCUT2D eigenvalue weighted by atomic mass is 19.4. The number of halogens is 3. The van der Waals surface area contributed by atoms with Gasteiger partial charge in [0.2, 0.25) is 0 Å². The molecule has 3 rings (SSSR count). The smallest absolute Gasteiger partial charge is 0.370 e. The zero-order valence-electron chi connectivity index (χ0n) is 13.3. The van der Waals surface area contributed by atoms with Gasteiger partial charge in [0.15, 0.2) is 0 Å². The summed E-state index contributed by atoms with van der Waals surface area (Å²) >= 11 is 0. The molecule has 0 saturated carbocycles. The molecule has 25 heavy (non-hydrogen) atoms. The third-order valence-corrected chi connectivity index (χ3v) is 4.18. The summed E-state index contributed by atoms with van der Waals surface area (Å²) in [4.78, 5) is 21.5. The summed E-state index contributed by atoms with van der Waals surface area (Å²) in [6.45, 7) is 1.29. The van der Waals surface area contributed by atoms with Crippen LogP contribution in [0.2, 0.25) is 0 Å². The highest BCUT2D eigenvalue weighted by molar-refractivity contribution is 5.94. The monoisotopic (exact) mass is 350 g/mol. The minimum absolute atomic E-state index is 0.0410. The van der Waals surface area contributed by atoms with Crippen LogP contribution in [0.3, 0.4) is 0 Å². The SMILES string of the molecule is O=C(NC1CCN(c2ccc(C(F)(F)F)nc2)CC1)c1ccncc1. The molecule has 1 aliphatic heterocycles. The number of aromatic nitrogens is 2. The van der Waals surface area contributed by atoms with E-state index in [9.17, 15) is 18.0 Å². The number of hydrogen-bond donors (Lipinski definition) is 1. The van der Waals surface area contributed by atoms with E-state index < -0.39 is 11.9 Å². The van der Waals surface area contributed by atoms with Gasteiger partial charge in [-0.15, -0.1) is 0 Å². The van der Waals surface area contributed by atoms with Crippen molar-refractivity contribution in [2.75, 3.05) is 18.0 Å². The minimum Gasteiger partial charge on any atom is -0.370 e. The van der Waals surface area contributed by atoms with Gasteiger partial charge in [-0.05, 0) is 37.1 Å². The van der Waals surface area contributed by atoms with E-state index in [1.54, 1.807) is 24.5 Å². The average Bonchev–Trinajstić information content (AvgIpc) is 2.62. The molecule has 1 amide bonds. The van der Waals surface area contributed by atoms with E-state index in [1.165, 1.54) is 12.3 Å². The molecule has 1 aliphatic rings. The summed E-state index contributed by atoms with van der Waals surface area (Å²) in [5.41, 5.74) is 0.326. The first-order valence-corrected chi connectivity index (χ1v) is 7.92. The number of carbonyl (C=O) groups is 1. The maximum absolute atomic E-state index is 12.6. The molecule has 0 aliphatic carbocycles. The van der Waals surface area contributed by atoms with Gasteiger partial charge in [-0.2, -0.15) is 13.2 Å². The molecule has 2 aromatic rings. The van der Waals surface area contributed by atoms with Crippen LogP contribution in [-0.4, -0.2) is 35.0 Å². The normalized spacial score (nSPS) is 15.9. The van der Waals surface area contributed by atoms with Gasteiger partial charge in [0, 0.05) is 37.1 Å². The number of pyridine rings is 2. The second-order valence-corrected chi connectivity index (χ2v) is 5.87. The Bertz CT molecular complexity index is 711. The van der Waals surface area contributed by atoms with Gasteiger partial charge in [0.05, 0.1) is 11.9 Å². The predicted octanol–water partition coefficient (Wildman–Crippen LogP) is 2.89. The molecule has 1 N–H and O–H groups in total. The first-order valence-electron chi connectivity index (χ1n) is 7.92. The number of rotatable bonds is 3. The van der Waals surface area contributed by atoms with Gasteiger partial charge in [-0.3, -0.25) is 9.78 Å². The molecule has 0 bridgehead atoms. The third-order valence-electron chi connectivity index (χ3n) is 4.18. The Hall–Kier alpha value is -2.64. The van der Waals surface area contributed by atoms with Crippen molar-refractivity contribution in [2.45, 2.75) is 25.1 Å². The number of hydrogen-bond acceptors (Lipinski definition) is 4. The van der Waals surface area contributed by atoms with Crippen LogP contribution in [0.5, 0.6) is 0 Å². The van der Waals surface area contributed by atoms with Crippen molar-refractivity contribution in [3.8, 4) is 0 Å². The lowest BCUT2D eigenvalue weighted by Gasteiger charge is -2.33. The van der Waals surface area contributed by atoms with Crippen LogP contribution in [0, 0.1) is 0 Å². The molecule has 5 nitrogen and oxygen atoms in total. The van der Waals surface area contributed by atoms with Gasteiger partial charge in [0.25, 0.3) is 5.91 Å². The second-order valence-electron chi connectivity index (χ2n) is 5.87. The number of anilines is 1. The van der Waals surface area contributed by atoms with Gasteiger partial charge >= 0.3 is 6.18 Å². The molecule has 2 aromatic heterocycles. The number of amides is 1. The van der Waals surface area contributed by atoms with Crippen molar-refractivity contribution >= 4 is 11.6 Å². The van der Waals surface area contributed by atoms with Crippen LogP contribution in [0.1, 0.15) is 28.9 Å². The second kappa shape index (κ2) is 7.08. The maximum Gasteiger partial charge on any atom is 0.433 e. The van der Waals surface area contributed by atoms with Crippen molar-refractivity contribution in [1.82, 2.24) is 15.3 Å². The molecule has 0 aromatic carbocycles. The van der Waals surface area contributed by atoms with Gasteiger partial charge in [0.1, 0.15) is 5.69 Å². The molecule has 0 spiro atoms. The van der Waals surface area contributed by atoms with Crippen molar-refractivity contribution in [3.63, 3.8) is 0 Å². The van der Waals surface area contributed by atoms with E-state index in [1.807, 2.05) is 4.90 Å². The summed E-state index contributed by atoms with van der Waals surface area (Å²) in [7, 11) is 0. The fraction of sp³-hybridized carbons (Fsp3) is 0.353. The lowest BCUT2D eigenvalue weighted by atomic mass is 10.0. The van der Waals surface area contributed by atoms with Crippen molar-refractivity contribution in [2.24, 2.45) is 0 Å². The first-order chi connectivity index (χ1) is 11.9. The Balaban J connectivity index is 1.54. The largest absolute Gasteiger partial charge is 0.433 e. The van der Waals surface area contributed by atoms with Gasteiger partial charge in [-0.1, -0.05) is 0 Å². The summed E-state index contributed by atoms with van der Waals surface area (Å²) < 4.78 is 37.7. The molecule has 1 fully saturated rings. The number of piperidine rings is 1. The molecule has 132 valence electrons. The number of alkyl halides is 3. The minimum atomic E-state index is -4.43. The Labute approximate surface area is 142 Å². The van der Waals surface area contributed by atoms with Gasteiger partial charge < -0.3 is 10.2 Å². The molecular weight excluding hydrogens is 333 g/mol. The molecule has 0 unspecified atom stereocenters. The highest BCUT2D eigenvalue weighted by Crippen LogP contribution is 2.29. The van der Waals surface area contributed by atoms with Crippen LogP contribution in [0.15, 0.2) is 42.9 Å². The highest BCUT2D eigenvalue weighted by Gasteiger charge is 2.32. The van der Waals surface area contributed by atoms with E-state index >= 15 is 0 Å². The van der Waals surface area contributed by atoms with E-state index in [-0.39, 0.29) is 11.9 Å². The predicted molar refractivity (Wildman–Crippen MR) is 86.2 cm³/mol. The van der Waals surface area contributed by atoms with E-state index in [2.05, 4.69) is 15.3 Å². The summed E-state index contributed by atoms with van der Waals surface area (Å²) in [5, 5.41) is 2.98. The maximum atomic E-state index is 12.6. The molecular formula is C17H17F3N4O. The zero-order chi connectivity index (χ0) is 17.9. The summed E-state index contributed by atoms with van der Waals surface area (Å²) in [6, 6.07) is 5.77. The number of nitrogens with zero attached hydrogens (tertiary/aromatic N) is 3. The summed E-state index contributed by atoms with van der Waals surface area (Å²) in [5.74, 6) is -0.142. The number of carbonyl (C=O) groups excluding carboxylic acids is 1. The Morgan fingerprint density at radius 1 is 1.12 bits per heavy atom. The molecule has 8 heteroatoms. The van der Waals surface area contributed by atoms with E-state index in [0.717, 1.165) is 18.9 Å². The van der Waals surface area contributed by atoms with Crippen LogP contribution >= 0.6 is 0 Å². The third kappa shape index (κ3) is 4.26. The molecule has 0 radical (unpaired) electrons. The average molecular weight is 350 g/mol.